The number of hydrogen-bond acceptors (Lipinski definition) is 4. The Kier molecular flexibility index (Phi) is 2.99. The van der Waals surface area contributed by atoms with Crippen LogP contribution in [0.5, 0.6) is 0 Å². The second-order valence-electron chi connectivity index (χ2n) is 5.90. The molecular formula is C19H12ClN5. The molecule has 0 aliphatic carbocycles. The highest BCUT2D eigenvalue weighted by Gasteiger charge is 2.17. The number of halogens is 1. The maximum atomic E-state index is 6.28. The molecule has 0 N–H and O–H groups in total. The standard InChI is InChI=1S/C19H12ClN5/c1-11-23-24-19-18-16(10-21-25(11)19)22-15-8-7-13(20)9-14(15)17(18)12-5-3-2-4-6-12/h2-10H,1H3. The van der Waals surface area contributed by atoms with Crippen LogP contribution in [-0.4, -0.2) is 24.8 Å². The number of aryl methyl sites for hydroxylation is 1. The molecule has 0 aliphatic heterocycles. The Morgan fingerprint density at radius 2 is 1.80 bits per heavy atom. The van der Waals surface area contributed by atoms with Crippen LogP contribution in [0.1, 0.15) is 5.82 Å². The Morgan fingerprint density at radius 1 is 0.960 bits per heavy atom. The average Bonchev–Trinajstić information content (AvgIpc) is 3.02. The number of fused-ring (bicyclic) bond motifs is 4. The lowest BCUT2D eigenvalue weighted by Gasteiger charge is -2.12. The van der Waals surface area contributed by atoms with Gasteiger partial charge in [-0.3, -0.25) is 0 Å². The Hall–Kier alpha value is -3.05. The van der Waals surface area contributed by atoms with Crippen LogP contribution in [0.2, 0.25) is 5.02 Å². The summed E-state index contributed by atoms with van der Waals surface area (Å²) >= 11 is 6.28. The minimum Gasteiger partial charge on any atom is -0.246 e. The van der Waals surface area contributed by atoms with E-state index in [0.29, 0.717) is 10.7 Å². The molecule has 0 fully saturated rings. The first kappa shape index (κ1) is 14.3. The van der Waals surface area contributed by atoms with Crippen molar-refractivity contribution in [3.05, 3.63) is 65.6 Å². The van der Waals surface area contributed by atoms with E-state index in [-0.39, 0.29) is 0 Å². The predicted octanol–water partition coefficient (Wildman–Crippen LogP) is 4.45. The SMILES string of the molecule is Cc1nnc2c3c(-c4ccccc4)c4cc(Cl)ccc4nc3cnn12. The number of nitrogens with zero attached hydrogens (tertiary/aromatic N) is 5. The highest BCUT2D eigenvalue weighted by atomic mass is 35.5. The van der Waals surface area contributed by atoms with Crippen molar-refractivity contribution in [2.24, 2.45) is 0 Å². The molecule has 120 valence electrons. The fourth-order valence-electron chi connectivity index (χ4n) is 3.24. The molecule has 3 aromatic heterocycles. The summed E-state index contributed by atoms with van der Waals surface area (Å²) in [6, 6.07) is 15.9. The van der Waals surface area contributed by atoms with Crippen molar-refractivity contribution in [1.29, 1.82) is 0 Å². The van der Waals surface area contributed by atoms with Crippen LogP contribution in [0.3, 0.4) is 0 Å². The van der Waals surface area contributed by atoms with E-state index in [1.54, 1.807) is 10.7 Å². The quantitative estimate of drug-likeness (QED) is 0.421. The van der Waals surface area contributed by atoms with Crippen molar-refractivity contribution in [3.63, 3.8) is 0 Å². The third-order valence-corrected chi connectivity index (χ3v) is 4.59. The van der Waals surface area contributed by atoms with Gasteiger partial charge in [0.25, 0.3) is 0 Å². The minimum atomic E-state index is 0.675. The molecule has 0 amide bonds. The zero-order valence-electron chi connectivity index (χ0n) is 13.3. The number of hydrogen-bond donors (Lipinski definition) is 0. The first-order valence-electron chi connectivity index (χ1n) is 7.88. The molecule has 25 heavy (non-hydrogen) atoms. The molecule has 0 saturated heterocycles. The molecule has 3 heterocycles. The molecular weight excluding hydrogens is 334 g/mol. The molecule has 5 aromatic rings. The van der Waals surface area contributed by atoms with E-state index in [4.69, 9.17) is 16.6 Å². The summed E-state index contributed by atoms with van der Waals surface area (Å²) in [5.74, 6) is 0.738. The lowest BCUT2D eigenvalue weighted by atomic mass is 9.97. The Balaban J connectivity index is 2.09. The topological polar surface area (TPSA) is 56.0 Å². The van der Waals surface area contributed by atoms with Gasteiger partial charge in [0.2, 0.25) is 0 Å². The number of rotatable bonds is 1. The van der Waals surface area contributed by atoms with E-state index in [0.717, 1.165) is 38.8 Å². The summed E-state index contributed by atoms with van der Waals surface area (Å²) in [7, 11) is 0. The van der Waals surface area contributed by atoms with Gasteiger partial charge in [-0.25, -0.2) is 4.98 Å². The second-order valence-corrected chi connectivity index (χ2v) is 6.34. The molecule has 5 nitrogen and oxygen atoms in total. The number of benzene rings is 2. The molecule has 0 aliphatic rings. The molecule has 0 unspecified atom stereocenters. The summed E-state index contributed by atoms with van der Waals surface area (Å²) in [5, 5.41) is 15.5. The second kappa shape index (κ2) is 5.22. The summed E-state index contributed by atoms with van der Waals surface area (Å²) < 4.78 is 1.74. The van der Waals surface area contributed by atoms with Gasteiger partial charge < -0.3 is 0 Å². The molecule has 0 saturated carbocycles. The van der Waals surface area contributed by atoms with Crippen molar-refractivity contribution in [1.82, 2.24) is 24.8 Å². The van der Waals surface area contributed by atoms with Crippen molar-refractivity contribution < 1.29 is 0 Å². The smallest absolute Gasteiger partial charge is 0.187 e. The van der Waals surface area contributed by atoms with Gasteiger partial charge in [-0.05, 0) is 30.7 Å². The maximum Gasteiger partial charge on any atom is 0.187 e. The van der Waals surface area contributed by atoms with Crippen LogP contribution in [-0.2, 0) is 0 Å². The molecule has 5 rings (SSSR count). The Bertz CT molecular complexity index is 1260. The largest absolute Gasteiger partial charge is 0.246 e. The van der Waals surface area contributed by atoms with Gasteiger partial charge in [-0.1, -0.05) is 41.9 Å². The predicted molar refractivity (Wildman–Crippen MR) is 98.8 cm³/mol. The van der Waals surface area contributed by atoms with Gasteiger partial charge in [0.05, 0.1) is 22.6 Å². The van der Waals surface area contributed by atoms with Gasteiger partial charge in [0, 0.05) is 16.0 Å². The highest BCUT2D eigenvalue weighted by molar-refractivity contribution is 6.31. The molecule has 0 spiro atoms. The van der Waals surface area contributed by atoms with Gasteiger partial charge in [0.15, 0.2) is 11.5 Å². The lowest BCUT2D eigenvalue weighted by molar-refractivity contribution is 0.880. The van der Waals surface area contributed by atoms with Crippen LogP contribution in [0, 0.1) is 6.92 Å². The normalized spacial score (nSPS) is 11.6. The number of pyridine rings is 1. The molecule has 6 heteroatoms. The van der Waals surface area contributed by atoms with E-state index in [9.17, 15) is 0 Å². The molecule has 0 radical (unpaired) electrons. The average molecular weight is 346 g/mol. The first-order chi connectivity index (χ1) is 12.2. The summed E-state index contributed by atoms with van der Waals surface area (Å²) in [4.78, 5) is 4.76. The minimum absolute atomic E-state index is 0.675. The summed E-state index contributed by atoms with van der Waals surface area (Å²) in [5.41, 5.74) is 4.48. The van der Waals surface area contributed by atoms with Crippen LogP contribution in [0.15, 0.2) is 54.7 Å². The Morgan fingerprint density at radius 3 is 2.64 bits per heavy atom. The van der Waals surface area contributed by atoms with Gasteiger partial charge >= 0.3 is 0 Å². The van der Waals surface area contributed by atoms with E-state index < -0.39 is 0 Å². The molecule has 0 atom stereocenters. The summed E-state index contributed by atoms with van der Waals surface area (Å²) in [6.07, 6.45) is 1.76. The third-order valence-electron chi connectivity index (χ3n) is 4.35. The first-order valence-corrected chi connectivity index (χ1v) is 8.25. The van der Waals surface area contributed by atoms with Crippen molar-refractivity contribution in [3.8, 4) is 11.1 Å². The maximum absolute atomic E-state index is 6.28. The highest BCUT2D eigenvalue weighted by Crippen LogP contribution is 2.37. The zero-order chi connectivity index (χ0) is 17.0. The summed E-state index contributed by atoms with van der Waals surface area (Å²) in [6.45, 7) is 1.88. The van der Waals surface area contributed by atoms with Gasteiger partial charge in [0.1, 0.15) is 0 Å². The zero-order valence-corrected chi connectivity index (χ0v) is 14.1. The lowest BCUT2D eigenvalue weighted by Crippen LogP contribution is -1.98. The van der Waals surface area contributed by atoms with Crippen LogP contribution in [0.4, 0.5) is 0 Å². The van der Waals surface area contributed by atoms with E-state index in [2.05, 4.69) is 27.4 Å². The number of aromatic nitrogens is 5. The van der Waals surface area contributed by atoms with E-state index in [1.807, 2.05) is 43.3 Å². The van der Waals surface area contributed by atoms with Crippen molar-refractivity contribution >= 4 is 39.1 Å². The molecule has 0 bridgehead atoms. The van der Waals surface area contributed by atoms with Gasteiger partial charge in [-0.15, -0.1) is 10.2 Å². The van der Waals surface area contributed by atoms with Crippen LogP contribution < -0.4 is 0 Å². The fraction of sp³-hybridized carbons (Fsp3) is 0.0526. The van der Waals surface area contributed by atoms with Crippen LogP contribution in [0.25, 0.3) is 38.6 Å². The van der Waals surface area contributed by atoms with Crippen molar-refractivity contribution in [2.75, 3.05) is 0 Å². The van der Waals surface area contributed by atoms with Crippen LogP contribution >= 0.6 is 11.6 Å². The monoisotopic (exact) mass is 345 g/mol. The molecule has 2 aromatic carbocycles. The van der Waals surface area contributed by atoms with E-state index >= 15 is 0 Å². The Labute approximate surface area is 147 Å². The van der Waals surface area contributed by atoms with E-state index in [1.165, 1.54) is 0 Å². The van der Waals surface area contributed by atoms with Crippen molar-refractivity contribution in [2.45, 2.75) is 6.92 Å². The fourth-order valence-corrected chi connectivity index (χ4v) is 3.42. The third kappa shape index (κ3) is 2.09. The van der Waals surface area contributed by atoms with Gasteiger partial charge in [-0.2, -0.15) is 9.61 Å².